The Balaban J connectivity index is 1.80. The van der Waals surface area contributed by atoms with Crippen molar-refractivity contribution in [1.82, 2.24) is 15.1 Å². The molecule has 1 heterocycles. The van der Waals surface area contributed by atoms with Crippen molar-refractivity contribution >= 4 is 5.96 Å². The summed E-state index contributed by atoms with van der Waals surface area (Å²) in [5.74, 6) is 1.54. The minimum atomic E-state index is 0.563. The van der Waals surface area contributed by atoms with Crippen LogP contribution in [0.15, 0.2) is 29.3 Å². The molecule has 6 nitrogen and oxygen atoms in total. The van der Waals surface area contributed by atoms with E-state index in [4.69, 9.17) is 9.47 Å². The molecule has 2 rings (SSSR count). The second kappa shape index (κ2) is 12.0. The Morgan fingerprint density at radius 2 is 2.15 bits per heavy atom. The maximum Gasteiger partial charge on any atom is 0.193 e. The van der Waals surface area contributed by atoms with E-state index in [1.54, 1.807) is 7.11 Å². The second-order valence-electron chi connectivity index (χ2n) is 7.22. The summed E-state index contributed by atoms with van der Waals surface area (Å²) in [7, 11) is 5.71. The van der Waals surface area contributed by atoms with Crippen molar-refractivity contribution in [2.45, 2.75) is 26.4 Å². The number of nitrogens with zero attached hydrogens (tertiary/aromatic N) is 3. The lowest BCUT2D eigenvalue weighted by molar-refractivity contribution is 0.0536. The standard InChI is InChI=1S/C21H36N4O2/c1-5-24(3)15-19-8-6-7-18(13-19)14-23-21(22-2)25-10-9-20(16-25)17-27-12-11-26-4/h6-8,13,20H,5,9-12,14-17H2,1-4H3,(H,22,23). The molecular weight excluding hydrogens is 340 g/mol. The number of hydrogen-bond donors (Lipinski definition) is 1. The van der Waals surface area contributed by atoms with Crippen LogP contribution >= 0.6 is 0 Å². The number of ether oxygens (including phenoxy) is 2. The highest BCUT2D eigenvalue weighted by atomic mass is 16.5. The minimum absolute atomic E-state index is 0.563. The summed E-state index contributed by atoms with van der Waals surface area (Å²) in [6, 6.07) is 8.79. The lowest BCUT2D eigenvalue weighted by Gasteiger charge is -2.22. The summed E-state index contributed by atoms with van der Waals surface area (Å²) in [4.78, 5) is 9.12. The van der Waals surface area contributed by atoms with Gasteiger partial charge in [0.2, 0.25) is 0 Å². The molecule has 1 fully saturated rings. The van der Waals surface area contributed by atoms with Gasteiger partial charge in [0.25, 0.3) is 0 Å². The molecule has 0 bridgehead atoms. The third-order valence-corrected chi connectivity index (χ3v) is 5.02. The molecule has 1 aliphatic heterocycles. The van der Waals surface area contributed by atoms with E-state index in [1.807, 2.05) is 7.05 Å². The SMILES string of the molecule is CCN(C)Cc1cccc(CNC(=NC)N2CCC(COCCOC)C2)c1. The molecule has 1 aliphatic rings. The van der Waals surface area contributed by atoms with E-state index < -0.39 is 0 Å². The van der Waals surface area contributed by atoms with Crippen molar-refractivity contribution in [2.75, 3.05) is 60.7 Å². The molecule has 0 aliphatic carbocycles. The molecule has 27 heavy (non-hydrogen) atoms. The van der Waals surface area contributed by atoms with Gasteiger partial charge in [-0.2, -0.15) is 0 Å². The van der Waals surface area contributed by atoms with Gasteiger partial charge >= 0.3 is 0 Å². The van der Waals surface area contributed by atoms with Crippen LogP contribution in [0.25, 0.3) is 0 Å². The number of hydrogen-bond acceptors (Lipinski definition) is 4. The first-order chi connectivity index (χ1) is 13.2. The van der Waals surface area contributed by atoms with Crippen molar-refractivity contribution < 1.29 is 9.47 Å². The van der Waals surface area contributed by atoms with Gasteiger partial charge in [0.1, 0.15) is 0 Å². The predicted molar refractivity (Wildman–Crippen MR) is 111 cm³/mol. The summed E-state index contributed by atoms with van der Waals surface area (Å²) in [6.07, 6.45) is 1.15. The van der Waals surface area contributed by atoms with Gasteiger partial charge in [-0.1, -0.05) is 31.2 Å². The average Bonchev–Trinajstić information content (AvgIpc) is 3.15. The zero-order valence-corrected chi connectivity index (χ0v) is 17.4. The van der Waals surface area contributed by atoms with Crippen LogP contribution in [0.3, 0.4) is 0 Å². The lowest BCUT2D eigenvalue weighted by atomic mass is 10.1. The summed E-state index contributed by atoms with van der Waals surface area (Å²) >= 11 is 0. The van der Waals surface area contributed by atoms with Crippen LogP contribution in [0.2, 0.25) is 0 Å². The number of aliphatic imine (C=N–C) groups is 1. The maximum absolute atomic E-state index is 5.69. The van der Waals surface area contributed by atoms with Gasteiger partial charge < -0.3 is 24.6 Å². The normalized spacial score (nSPS) is 17.7. The quantitative estimate of drug-likeness (QED) is 0.385. The molecule has 1 atom stereocenters. The summed E-state index contributed by atoms with van der Waals surface area (Å²) in [5.41, 5.74) is 2.64. The van der Waals surface area contributed by atoms with E-state index in [0.717, 1.165) is 51.7 Å². The fourth-order valence-corrected chi connectivity index (χ4v) is 3.33. The smallest absolute Gasteiger partial charge is 0.193 e. The lowest BCUT2D eigenvalue weighted by Crippen LogP contribution is -2.39. The molecule has 1 saturated heterocycles. The van der Waals surface area contributed by atoms with Crippen molar-refractivity contribution in [3.05, 3.63) is 35.4 Å². The summed E-state index contributed by atoms with van der Waals surface area (Å²) in [5, 5.41) is 3.52. The minimum Gasteiger partial charge on any atom is -0.382 e. The molecule has 1 N–H and O–H groups in total. The number of likely N-dealkylation sites (tertiary alicyclic amines) is 1. The Kier molecular flexibility index (Phi) is 9.59. The molecule has 0 amide bonds. The number of rotatable bonds is 10. The average molecular weight is 377 g/mol. The number of methoxy groups -OCH3 is 1. The van der Waals surface area contributed by atoms with Crippen LogP contribution < -0.4 is 5.32 Å². The maximum atomic E-state index is 5.69. The van der Waals surface area contributed by atoms with Crippen molar-refractivity contribution in [3.8, 4) is 0 Å². The first kappa shape index (κ1) is 21.7. The molecule has 1 aromatic carbocycles. The van der Waals surface area contributed by atoms with Crippen LogP contribution in [-0.4, -0.2) is 76.4 Å². The Morgan fingerprint density at radius 1 is 1.33 bits per heavy atom. The topological polar surface area (TPSA) is 49.3 Å². The van der Waals surface area contributed by atoms with E-state index >= 15 is 0 Å². The van der Waals surface area contributed by atoms with E-state index in [1.165, 1.54) is 11.1 Å². The van der Waals surface area contributed by atoms with E-state index in [9.17, 15) is 0 Å². The zero-order valence-electron chi connectivity index (χ0n) is 17.4. The second-order valence-corrected chi connectivity index (χ2v) is 7.22. The Hall–Kier alpha value is -1.63. The van der Waals surface area contributed by atoms with Gasteiger partial charge in [-0.25, -0.2) is 0 Å². The van der Waals surface area contributed by atoms with Crippen molar-refractivity contribution in [3.63, 3.8) is 0 Å². The third-order valence-electron chi connectivity index (χ3n) is 5.02. The van der Waals surface area contributed by atoms with Crippen LogP contribution in [0.4, 0.5) is 0 Å². The Bertz CT molecular complexity index is 579. The van der Waals surface area contributed by atoms with Crippen LogP contribution in [0.5, 0.6) is 0 Å². The zero-order chi connectivity index (χ0) is 19.5. The van der Waals surface area contributed by atoms with Gasteiger partial charge in [0.15, 0.2) is 5.96 Å². The summed E-state index contributed by atoms with van der Waals surface area (Å²) < 4.78 is 10.7. The highest BCUT2D eigenvalue weighted by molar-refractivity contribution is 5.80. The van der Waals surface area contributed by atoms with Crippen LogP contribution in [0, 0.1) is 5.92 Å². The molecule has 0 spiro atoms. The highest BCUT2D eigenvalue weighted by Gasteiger charge is 2.24. The van der Waals surface area contributed by atoms with Gasteiger partial charge in [-0.3, -0.25) is 4.99 Å². The fourth-order valence-electron chi connectivity index (χ4n) is 3.33. The molecule has 1 unspecified atom stereocenters. The third kappa shape index (κ3) is 7.48. The van der Waals surface area contributed by atoms with E-state index in [0.29, 0.717) is 19.1 Å². The first-order valence-electron chi connectivity index (χ1n) is 9.94. The largest absolute Gasteiger partial charge is 0.382 e. The molecule has 1 aromatic rings. The molecule has 6 heteroatoms. The molecule has 152 valence electrons. The summed E-state index contributed by atoms with van der Waals surface area (Å²) in [6.45, 7) is 9.16. The van der Waals surface area contributed by atoms with Crippen molar-refractivity contribution in [1.29, 1.82) is 0 Å². The molecule has 0 radical (unpaired) electrons. The Morgan fingerprint density at radius 3 is 2.89 bits per heavy atom. The molecule has 0 saturated carbocycles. The fraction of sp³-hybridized carbons (Fsp3) is 0.667. The highest BCUT2D eigenvalue weighted by Crippen LogP contribution is 2.17. The Labute approximate surface area is 164 Å². The van der Waals surface area contributed by atoms with Gasteiger partial charge in [0.05, 0.1) is 19.8 Å². The predicted octanol–water partition coefficient (Wildman–Crippen LogP) is 2.20. The van der Waals surface area contributed by atoms with E-state index in [-0.39, 0.29) is 0 Å². The number of guanidine groups is 1. The molecular formula is C21H36N4O2. The van der Waals surface area contributed by atoms with E-state index in [2.05, 4.69) is 58.3 Å². The number of nitrogens with one attached hydrogen (secondary N) is 1. The van der Waals surface area contributed by atoms with Crippen LogP contribution in [0.1, 0.15) is 24.5 Å². The van der Waals surface area contributed by atoms with Crippen LogP contribution in [-0.2, 0) is 22.6 Å². The number of benzene rings is 1. The van der Waals surface area contributed by atoms with Crippen molar-refractivity contribution in [2.24, 2.45) is 10.9 Å². The van der Waals surface area contributed by atoms with Gasteiger partial charge in [-0.15, -0.1) is 0 Å². The molecule has 0 aromatic heterocycles. The van der Waals surface area contributed by atoms with Gasteiger partial charge in [-0.05, 0) is 31.1 Å². The first-order valence-corrected chi connectivity index (χ1v) is 9.94. The van der Waals surface area contributed by atoms with Gasteiger partial charge in [0, 0.05) is 46.3 Å². The monoisotopic (exact) mass is 376 g/mol.